The highest BCUT2D eigenvalue weighted by Crippen LogP contribution is 2.43. The molecule has 3 aromatic heterocycles. The van der Waals surface area contributed by atoms with Crippen LogP contribution in [0.15, 0.2) is 187 Å². The van der Waals surface area contributed by atoms with E-state index in [2.05, 4.69) is 160 Å². The van der Waals surface area contributed by atoms with E-state index in [9.17, 15) is 0 Å². The molecule has 10 rings (SSSR count). The van der Waals surface area contributed by atoms with Crippen molar-refractivity contribution in [2.75, 3.05) is 4.90 Å². The van der Waals surface area contributed by atoms with E-state index in [0.29, 0.717) is 11.5 Å². The number of para-hydroxylation sites is 4. The number of anilines is 3. The maximum absolute atomic E-state index is 6.62. The van der Waals surface area contributed by atoms with Crippen molar-refractivity contribution >= 4 is 60.9 Å². The number of fused-ring (bicyclic) bond motifs is 6. The summed E-state index contributed by atoms with van der Waals surface area (Å²) in [6.45, 7) is 0. The molecule has 0 N–H and O–H groups in total. The lowest BCUT2D eigenvalue weighted by atomic mass is 9.97. The molecule has 0 bridgehead atoms. The van der Waals surface area contributed by atoms with Crippen molar-refractivity contribution in [1.29, 1.82) is 0 Å². The van der Waals surface area contributed by atoms with Gasteiger partial charge in [0.05, 0.1) is 16.6 Å². The zero-order chi connectivity index (χ0) is 33.7. The highest BCUT2D eigenvalue weighted by atomic mass is 16.3. The van der Waals surface area contributed by atoms with E-state index in [-0.39, 0.29) is 0 Å². The molecule has 0 spiro atoms. The largest absolute Gasteiger partial charge is 0.436 e. The van der Waals surface area contributed by atoms with Gasteiger partial charge in [0.2, 0.25) is 5.89 Å². The van der Waals surface area contributed by atoms with Crippen LogP contribution in [0.1, 0.15) is 0 Å². The number of rotatable bonds is 6. The second kappa shape index (κ2) is 11.9. The first-order valence-electron chi connectivity index (χ1n) is 17.1. The lowest BCUT2D eigenvalue weighted by molar-refractivity contribution is 0.620. The summed E-state index contributed by atoms with van der Waals surface area (Å²) in [6.07, 6.45) is 1.81. The predicted molar refractivity (Wildman–Crippen MR) is 209 cm³/mol. The van der Waals surface area contributed by atoms with Gasteiger partial charge in [-0.25, -0.2) is 4.98 Å². The fraction of sp³-hybridized carbons (Fsp3) is 0. The van der Waals surface area contributed by atoms with E-state index in [1.807, 2.05) is 30.3 Å². The number of oxazole rings is 1. The van der Waals surface area contributed by atoms with Gasteiger partial charge in [-0.15, -0.1) is 0 Å². The van der Waals surface area contributed by atoms with Crippen molar-refractivity contribution < 1.29 is 4.42 Å². The summed E-state index contributed by atoms with van der Waals surface area (Å²) >= 11 is 0. The van der Waals surface area contributed by atoms with E-state index in [4.69, 9.17) is 9.40 Å². The zero-order valence-electron chi connectivity index (χ0n) is 27.5. The summed E-state index contributed by atoms with van der Waals surface area (Å²) in [7, 11) is 0. The van der Waals surface area contributed by atoms with E-state index in [1.165, 1.54) is 16.3 Å². The molecule has 5 nitrogen and oxygen atoms in total. The minimum absolute atomic E-state index is 0.546. The molecular formula is C46H30N4O. The minimum atomic E-state index is 0.546. The molecule has 0 fully saturated rings. The van der Waals surface area contributed by atoms with Crippen LogP contribution in [0.3, 0.4) is 0 Å². The molecule has 0 saturated carbocycles. The molecule has 0 aliphatic heterocycles. The molecule has 51 heavy (non-hydrogen) atoms. The summed E-state index contributed by atoms with van der Waals surface area (Å²) in [5.41, 5.74) is 11.8. The zero-order valence-corrected chi connectivity index (χ0v) is 27.5. The molecule has 0 radical (unpaired) electrons. The molecule has 3 heterocycles. The van der Waals surface area contributed by atoms with E-state index < -0.39 is 0 Å². The second-order valence-electron chi connectivity index (χ2n) is 12.7. The number of pyridine rings is 1. The van der Waals surface area contributed by atoms with Crippen LogP contribution in [0.4, 0.5) is 17.1 Å². The number of hydrogen-bond acceptors (Lipinski definition) is 4. The molecule has 10 aromatic rings. The molecule has 0 atom stereocenters. The Morgan fingerprint density at radius 1 is 0.490 bits per heavy atom. The number of aromatic nitrogens is 3. The fourth-order valence-electron chi connectivity index (χ4n) is 7.34. The summed E-state index contributed by atoms with van der Waals surface area (Å²) < 4.78 is 8.98. The molecule has 240 valence electrons. The Balaban J connectivity index is 1.24. The van der Waals surface area contributed by atoms with E-state index >= 15 is 0 Å². The third-order valence-electron chi connectivity index (χ3n) is 9.65. The van der Waals surface area contributed by atoms with Crippen LogP contribution in [-0.2, 0) is 0 Å². The Bertz CT molecular complexity index is 2820. The molecule has 7 aromatic carbocycles. The van der Waals surface area contributed by atoms with Crippen LogP contribution in [0.5, 0.6) is 0 Å². The van der Waals surface area contributed by atoms with Gasteiger partial charge in [-0.2, -0.15) is 0 Å². The highest BCUT2D eigenvalue weighted by Gasteiger charge is 2.21. The monoisotopic (exact) mass is 654 g/mol. The highest BCUT2D eigenvalue weighted by molar-refractivity contribution is 6.10. The predicted octanol–water partition coefficient (Wildman–Crippen LogP) is 12.3. The fourth-order valence-corrected chi connectivity index (χ4v) is 7.34. The third kappa shape index (κ3) is 4.86. The first kappa shape index (κ1) is 29.0. The van der Waals surface area contributed by atoms with Crippen LogP contribution in [0.2, 0.25) is 0 Å². The van der Waals surface area contributed by atoms with Gasteiger partial charge in [0.15, 0.2) is 5.58 Å². The lowest BCUT2D eigenvalue weighted by Crippen LogP contribution is -2.10. The Kier molecular flexibility index (Phi) is 6.74. The average Bonchev–Trinajstić information content (AvgIpc) is 3.79. The van der Waals surface area contributed by atoms with Gasteiger partial charge in [-0.3, -0.25) is 4.98 Å². The molecule has 0 amide bonds. The van der Waals surface area contributed by atoms with Crippen molar-refractivity contribution in [2.24, 2.45) is 0 Å². The molecule has 0 aliphatic rings. The molecule has 0 aliphatic carbocycles. The van der Waals surface area contributed by atoms with Crippen molar-refractivity contribution in [1.82, 2.24) is 14.5 Å². The van der Waals surface area contributed by atoms with Gasteiger partial charge in [-0.05, 0) is 90.0 Å². The normalized spacial score (nSPS) is 11.5. The first-order valence-corrected chi connectivity index (χ1v) is 17.1. The van der Waals surface area contributed by atoms with Crippen LogP contribution in [-0.4, -0.2) is 14.5 Å². The van der Waals surface area contributed by atoms with Gasteiger partial charge in [0.25, 0.3) is 0 Å². The number of nitrogens with zero attached hydrogens (tertiary/aromatic N) is 4. The van der Waals surface area contributed by atoms with Crippen molar-refractivity contribution in [3.8, 4) is 28.3 Å². The summed E-state index contributed by atoms with van der Waals surface area (Å²) in [5.74, 6) is 0.546. The average molecular weight is 655 g/mol. The Morgan fingerprint density at radius 2 is 1.20 bits per heavy atom. The smallest absolute Gasteiger partial charge is 0.228 e. The third-order valence-corrected chi connectivity index (χ3v) is 9.65. The quantitative estimate of drug-likeness (QED) is 0.179. The van der Waals surface area contributed by atoms with Gasteiger partial charge in [0.1, 0.15) is 5.52 Å². The Hall–Kier alpha value is -6.98. The van der Waals surface area contributed by atoms with Crippen molar-refractivity contribution in [2.45, 2.75) is 0 Å². The van der Waals surface area contributed by atoms with Crippen LogP contribution < -0.4 is 4.90 Å². The van der Waals surface area contributed by atoms with Crippen molar-refractivity contribution in [3.63, 3.8) is 0 Å². The second-order valence-corrected chi connectivity index (χ2v) is 12.7. The lowest BCUT2D eigenvalue weighted by Gasteiger charge is -2.26. The number of benzene rings is 7. The van der Waals surface area contributed by atoms with Crippen LogP contribution in [0.25, 0.3) is 72.1 Å². The Labute approximate surface area is 294 Å². The first-order chi connectivity index (χ1) is 25.3. The topological polar surface area (TPSA) is 47.1 Å². The molecular weight excluding hydrogens is 625 g/mol. The summed E-state index contributed by atoms with van der Waals surface area (Å²) in [4.78, 5) is 12.1. The maximum atomic E-state index is 6.62. The molecule has 0 saturated heterocycles. The standard InChI is InChI=1S/C46H30N4O/c1-4-14-33(15-5-1)49(34-16-6-2-7-17-34)36-24-26-37(40(30-36)46-48-45-43(51-46)27-23-31-13-12-28-47-44(31)45)32-22-25-39-38-20-10-11-21-41(38)50(42(39)29-32)35-18-8-3-9-19-35/h1-30H. The maximum Gasteiger partial charge on any atom is 0.228 e. The molecule has 0 unspecified atom stereocenters. The van der Waals surface area contributed by atoms with Crippen LogP contribution in [0, 0.1) is 0 Å². The van der Waals surface area contributed by atoms with Crippen molar-refractivity contribution in [3.05, 3.63) is 182 Å². The van der Waals surface area contributed by atoms with Gasteiger partial charge in [-0.1, -0.05) is 97.1 Å². The summed E-state index contributed by atoms with van der Waals surface area (Å²) in [5, 5.41) is 3.45. The van der Waals surface area contributed by atoms with Gasteiger partial charge < -0.3 is 13.9 Å². The molecule has 5 heteroatoms. The van der Waals surface area contributed by atoms with Gasteiger partial charge in [0, 0.05) is 50.7 Å². The van der Waals surface area contributed by atoms with Crippen LogP contribution >= 0.6 is 0 Å². The SMILES string of the molecule is c1ccc(N(c2ccccc2)c2ccc(-c3ccc4c5ccccc5n(-c5ccccc5)c4c3)c(-c3nc4c(ccc5cccnc54)o3)c2)cc1. The van der Waals surface area contributed by atoms with E-state index in [0.717, 1.165) is 61.4 Å². The Morgan fingerprint density at radius 3 is 1.98 bits per heavy atom. The van der Waals surface area contributed by atoms with Gasteiger partial charge >= 0.3 is 0 Å². The minimum Gasteiger partial charge on any atom is -0.436 e. The number of hydrogen-bond donors (Lipinski definition) is 0. The summed E-state index contributed by atoms with van der Waals surface area (Å²) in [6, 6.07) is 61.5. The van der Waals surface area contributed by atoms with E-state index in [1.54, 1.807) is 6.20 Å².